The lowest BCUT2D eigenvalue weighted by Crippen LogP contribution is -1.81. The summed E-state index contributed by atoms with van der Waals surface area (Å²) in [7, 11) is 0. The van der Waals surface area contributed by atoms with Crippen LogP contribution in [0, 0.1) is 6.92 Å². The molecule has 0 saturated carbocycles. The summed E-state index contributed by atoms with van der Waals surface area (Å²) in [6.07, 6.45) is 0. The third-order valence-electron chi connectivity index (χ3n) is 2.16. The summed E-state index contributed by atoms with van der Waals surface area (Å²) < 4.78 is 0. The Morgan fingerprint density at radius 1 is 0.857 bits per heavy atom. The fourth-order valence-electron chi connectivity index (χ4n) is 1.42. The number of rotatable bonds is 1. The molecule has 0 atom stereocenters. The highest BCUT2D eigenvalue weighted by atomic mass is 35.5. The summed E-state index contributed by atoms with van der Waals surface area (Å²) in [6, 6.07) is 16.0. The topological polar surface area (TPSA) is 0 Å². The van der Waals surface area contributed by atoms with Gasteiger partial charge in [0.15, 0.2) is 0 Å². The van der Waals surface area contributed by atoms with Crippen molar-refractivity contribution in [1.82, 2.24) is 0 Å². The quantitative estimate of drug-likeness (QED) is 0.649. The average molecular weight is 202 g/mol. The van der Waals surface area contributed by atoms with E-state index in [1.807, 2.05) is 48.5 Å². The molecule has 0 heterocycles. The molecule has 1 radical (unpaired) electrons. The highest BCUT2D eigenvalue weighted by molar-refractivity contribution is 6.34. The van der Waals surface area contributed by atoms with Gasteiger partial charge in [0.1, 0.15) is 0 Å². The van der Waals surface area contributed by atoms with Crippen molar-refractivity contribution in [2.45, 2.75) is 0 Å². The molecule has 0 aliphatic heterocycles. The highest BCUT2D eigenvalue weighted by Crippen LogP contribution is 2.29. The lowest BCUT2D eigenvalue weighted by Gasteiger charge is -2.06. The van der Waals surface area contributed by atoms with Crippen LogP contribution in [-0.2, 0) is 0 Å². The van der Waals surface area contributed by atoms with E-state index >= 15 is 0 Å². The molecular formula is C13H10Cl. The number of benzene rings is 2. The van der Waals surface area contributed by atoms with Crippen molar-refractivity contribution in [2.24, 2.45) is 0 Å². The Kier molecular flexibility index (Phi) is 2.55. The van der Waals surface area contributed by atoms with Crippen LogP contribution in [0.5, 0.6) is 0 Å². The fourth-order valence-corrected chi connectivity index (χ4v) is 1.66. The molecule has 0 aromatic heterocycles. The molecule has 0 fully saturated rings. The number of halogens is 1. The standard InChI is InChI=1S/C13H10Cl/c1-10-6-5-9-12(13(10)14)11-7-3-2-4-8-11/h2-9H,1H2. The van der Waals surface area contributed by atoms with E-state index in [2.05, 4.69) is 6.92 Å². The van der Waals surface area contributed by atoms with Gasteiger partial charge < -0.3 is 0 Å². The summed E-state index contributed by atoms with van der Waals surface area (Å²) in [6.45, 7) is 3.87. The summed E-state index contributed by atoms with van der Waals surface area (Å²) in [5, 5.41) is 0.735. The van der Waals surface area contributed by atoms with E-state index in [0.29, 0.717) is 0 Å². The van der Waals surface area contributed by atoms with Crippen LogP contribution in [0.1, 0.15) is 5.56 Å². The van der Waals surface area contributed by atoms with Crippen molar-refractivity contribution in [3.05, 3.63) is 66.0 Å². The van der Waals surface area contributed by atoms with E-state index in [4.69, 9.17) is 11.6 Å². The van der Waals surface area contributed by atoms with Gasteiger partial charge in [0, 0.05) is 5.56 Å². The molecule has 69 valence electrons. The predicted molar refractivity (Wildman–Crippen MR) is 61.3 cm³/mol. The van der Waals surface area contributed by atoms with E-state index in [1.54, 1.807) is 0 Å². The van der Waals surface area contributed by atoms with E-state index in [9.17, 15) is 0 Å². The molecule has 0 amide bonds. The minimum absolute atomic E-state index is 0.735. The van der Waals surface area contributed by atoms with Gasteiger partial charge in [-0.2, -0.15) is 0 Å². The normalized spacial score (nSPS) is 10.1. The van der Waals surface area contributed by atoms with Crippen molar-refractivity contribution in [2.75, 3.05) is 0 Å². The zero-order valence-electron chi connectivity index (χ0n) is 7.70. The van der Waals surface area contributed by atoms with Crippen LogP contribution in [0.25, 0.3) is 11.1 Å². The van der Waals surface area contributed by atoms with Crippen molar-refractivity contribution < 1.29 is 0 Å². The highest BCUT2D eigenvalue weighted by Gasteiger charge is 2.03. The minimum Gasteiger partial charge on any atom is -0.0834 e. The Balaban J connectivity index is 2.58. The first kappa shape index (κ1) is 9.29. The van der Waals surface area contributed by atoms with Crippen LogP contribution in [-0.4, -0.2) is 0 Å². The molecule has 0 N–H and O–H groups in total. The van der Waals surface area contributed by atoms with Gasteiger partial charge >= 0.3 is 0 Å². The maximum atomic E-state index is 6.17. The van der Waals surface area contributed by atoms with Crippen LogP contribution in [0.4, 0.5) is 0 Å². The first-order valence-electron chi connectivity index (χ1n) is 4.45. The Hall–Kier alpha value is -1.27. The third-order valence-corrected chi connectivity index (χ3v) is 2.61. The molecule has 0 unspecified atom stereocenters. The number of hydrogen-bond acceptors (Lipinski definition) is 0. The lowest BCUT2D eigenvalue weighted by atomic mass is 10.0. The van der Waals surface area contributed by atoms with Gasteiger partial charge in [-0.15, -0.1) is 0 Å². The molecule has 0 aliphatic rings. The molecule has 2 aromatic carbocycles. The van der Waals surface area contributed by atoms with Crippen LogP contribution in [0.15, 0.2) is 48.5 Å². The molecule has 0 saturated heterocycles. The van der Waals surface area contributed by atoms with E-state index < -0.39 is 0 Å². The summed E-state index contributed by atoms with van der Waals surface area (Å²) in [5.41, 5.74) is 3.04. The van der Waals surface area contributed by atoms with Crippen molar-refractivity contribution in [3.63, 3.8) is 0 Å². The zero-order valence-corrected chi connectivity index (χ0v) is 8.46. The van der Waals surface area contributed by atoms with Crippen LogP contribution < -0.4 is 0 Å². The monoisotopic (exact) mass is 201 g/mol. The van der Waals surface area contributed by atoms with Crippen LogP contribution in [0.3, 0.4) is 0 Å². The van der Waals surface area contributed by atoms with Crippen LogP contribution >= 0.6 is 11.6 Å². The molecule has 2 aromatic rings. The average Bonchev–Trinajstić information content (AvgIpc) is 2.23. The van der Waals surface area contributed by atoms with E-state index in [-0.39, 0.29) is 0 Å². The molecule has 1 heteroatoms. The van der Waals surface area contributed by atoms with Gasteiger partial charge in [-0.3, -0.25) is 0 Å². The predicted octanol–water partition coefficient (Wildman–Crippen LogP) is 4.19. The van der Waals surface area contributed by atoms with Crippen molar-refractivity contribution in [3.8, 4) is 11.1 Å². The Morgan fingerprint density at radius 2 is 1.57 bits per heavy atom. The first-order chi connectivity index (χ1) is 6.79. The molecule has 0 nitrogen and oxygen atoms in total. The Morgan fingerprint density at radius 3 is 2.29 bits per heavy atom. The SMILES string of the molecule is [CH2]c1cccc(-c2ccccc2)c1Cl. The van der Waals surface area contributed by atoms with Gasteiger partial charge in [-0.25, -0.2) is 0 Å². The second-order valence-corrected chi connectivity index (χ2v) is 3.52. The first-order valence-corrected chi connectivity index (χ1v) is 4.83. The van der Waals surface area contributed by atoms with Crippen LogP contribution in [0.2, 0.25) is 5.02 Å². The molecule has 0 spiro atoms. The maximum Gasteiger partial charge on any atom is 0.0516 e. The van der Waals surface area contributed by atoms with Crippen molar-refractivity contribution in [1.29, 1.82) is 0 Å². The zero-order chi connectivity index (χ0) is 9.97. The fraction of sp³-hybridized carbons (Fsp3) is 0. The lowest BCUT2D eigenvalue weighted by molar-refractivity contribution is 1.57. The summed E-state index contributed by atoms with van der Waals surface area (Å²) >= 11 is 6.17. The van der Waals surface area contributed by atoms with Gasteiger partial charge in [-0.1, -0.05) is 60.1 Å². The third kappa shape index (κ3) is 1.66. The smallest absolute Gasteiger partial charge is 0.0516 e. The van der Waals surface area contributed by atoms with Gasteiger partial charge in [0.05, 0.1) is 5.02 Å². The van der Waals surface area contributed by atoms with E-state index in [1.165, 1.54) is 0 Å². The van der Waals surface area contributed by atoms with Crippen molar-refractivity contribution >= 4 is 11.6 Å². The summed E-state index contributed by atoms with van der Waals surface area (Å²) in [5.74, 6) is 0. The maximum absolute atomic E-state index is 6.17. The van der Waals surface area contributed by atoms with Gasteiger partial charge in [0.2, 0.25) is 0 Å². The molecule has 0 bridgehead atoms. The molecular weight excluding hydrogens is 192 g/mol. The largest absolute Gasteiger partial charge is 0.0834 e. The number of hydrogen-bond donors (Lipinski definition) is 0. The minimum atomic E-state index is 0.735. The second-order valence-electron chi connectivity index (χ2n) is 3.14. The molecule has 14 heavy (non-hydrogen) atoms. The van der Waals surface area contributed by atoms with E-state index in [0.717, 1.165) is 21.7 Å². The van der Waals surface area contributed by atoms with Gasteiger partial charge in [-0.05, 0) is 18.1 Å². The Labute approximate surface area is 89.2 Å². The summed E-state index contributed by atoms with van der Waals surface area (Å²) in [4.78, 5) is 0. The van der Waals surface area contributed by atoms with Gasteiger partial charge in [0.25, 0.3) is 0 Å². The molecule has 0 aliphatic carbocycles. The Bertz CT molecular complexity index is 432. The second kappa shape index (κ2) is 3.85. The molecule has 2 rings (SSSR count).